The topological polar surface area (TPSA) is 48.4 Å². The molecule has 0 radical (unpaired) electrons. The largest absolute Gasteiger partial charge is 0.505 e. The minimum atomic E-state index is 0.360. The van der Waals surface area contributed by atoms with Crippen molar-refractivity contribution < 1.29 is 5.11 Å². The second-order valence-electron chi connectivity index (χ2n) is 3.62. The predicted octanol–water partition coefficient (Wildman–Crippen LogP) is 1.65. The molecule has 0 aromatic carbocycles. The van der Waals surface area contributed by atoms with Crippen LogP contribution in [0.4, 0.5) is 0 Å². The number of rotatable bonds is 0. The van der Waals surface area contributed by atoms with Crippen LogP contribution in [0.1, 0.15) is 12.8 Å². The Morgan fingerprint density at radius 3 is 2.60 bits per heavy atom. The fourth-order valence-electron chi connectivity index (χ4n) is 2.47. The van der Waals surface area contributed by atoms with Gasteiger partial charge in [0.05, 0.1) is 5.92 Å². The summed E-state index contributed by atoms with van der Waals surface area (Å²) >= 11 is 0. The highest BCUT2D eigenvalue weighted by molar-refractivity contribution is 5.46. The molecule has 0 aliphatic heterocycles. The first-order valence-corrected chi connectivity index (χ1v) is 3.58. The second kappa shape index (κ2) is 0.968. The Morgan fingerprint density at radius 2 is 2.20 bits per heavy atom. The SMILES string of the molecule is N#[N+]C1=C(O)[C@H]2CC23C[C@H]13. The average Bonchev–Trinajstić information content (AvgIpc) is 2.75. The summed E-state index contributed by atoms with van der Waals surface area (Å²) < 4.78 is 0. The summed E-state index contributed by atoms with van der Waals surface area (Å²) in [6.45, 7) is 0. The van der Waals surface area contributed by atoms with E-state index in [2.05, 4.69) is 4.98 Å². The van der Waals surface area contributed by atoms with Crippen molar-refractivity contribution in [3.63, 3.8) is 0 Å². The van der Waals surface area contributed by atoms with Crippen LogP contribution in [0.3, 0.4) is 0 Å². The van der Waals surface area contributed by atoms with Crippen LogP contribution in [0.25, 0.3) is 4.98 Å². The number of aliphatic hydroxyl groups excluding tert-OH is 1. The molecule has 0 amide bonds. The van der Waals surface area contributed by atoms with Crippen LogP contribution in [0.2, 0.25) is 0 Å². The van der Waals surface area contributed by atoms with Crippen molar-refractivity contribution in [2.45, 2.75) is 12.8 Å². The zero-order valence-corrected chi connectivity index (χ0v) is 5.41. The molecule has 0 heterocycles. The summed E-state index contributed by atoms with van der Waals surface area (Å²) in [5.74, 6) is 1.13. The molecule has 0 aromatic heterocycles. The number of hydrogen-bond acceptors (Lipinski definition) is 2. The average molecular weight is 135 g/mol. The van der Waals surface area contributed by atoms with Gasteiger partial charge in [0.15, 0.2) is 10.7 Å². The molecule has 1 unspecified atom stereocenters. The highest BCUT2D eigenvalue weighted by Gasteiger charge is 2.82. The highest BCUT2D eigenvalue weighted by Crippen LogP contribution is 2.83. The Bertz CT molecular complexity index is 301. The fraction of sp³-hybridized carbons (Fsp3) is 0.714. The van der Waals surface area contributed by atoms with E-state index in [-0.39, 0.29) is 0 Å². The van der Waals surface area contributed by atoms with E-state index in [1.54, 1.807) is 0 Å². The van der Waals surface area contributed by atoms with Gasteiger partial charge in [0.25, 0.3) is 0 Å². The molecule has 0 saturated heterocycles. The maximum absolute atomic E-state index is 9.32. The Balaban J connectivity index is 2.16. The standard InChI is InChI=1S/C7H6N2O/c8-9-5-3-1-7(3)2-4(7)6(5)10/h3-4H,1-2H2/p+1/t3-,4-,7?/m1/s1. The van der Waals surface area contributed by atoms with Gasteiger partial charge in [-0.3, -0.25) is 0 Å². The van der Waals surface area contributed by atoms with Gasteiger partial charge in [-0.15, -0.1) is 0 Å². The molecular weight excluding hydrogens is 128 g/mol. The first kappa shape index (κ1) is 4.73. The van der Waals surface area contributed by atoms with E-state index in [0.29, 0.717) is 28.7 Å². The monoisotopic (exact) mass is 135 g/mol. The zero-order valence-electron chi connectivity index (χ0n) is 5.41. The molecule has 0 aromatic rings. The van der Waals surface area contributed by atoms with Gasteiger partial charge in [-0.25, -0.2) is 0 Å². The Morgan fingerprint density at radius 1 is 1.50 bits per heavy atom. The quantitative estimate of drug-likeness (QED) is 0.513. The van der Waals surface area contributed by atoms with Gasteiger partial charge >= 0.3 is 5.70 Å². The molecular formula is C7H7N2O+. The number of diazo groups is 1. The van der Waals surface area contributed by atoms with E-state index in [4.69, 9.17) is 5.39 Å². The summed E-state index contributed by atoms with van der Waals surface area (Å²) in [5, 5.41) is 17.8. The molecule has 3 aliphatic carbocycles. The number of aliphatic hydroxyl groups is 1. The van der Waals surface area contributed by atoms with Crippen LogP contribution >= 0.6 is 0 Å². The minimum Gasteiger partial charge on any atom is -0.505 e. The molecule has 3 heteroatoms. The maximum atomic E-state index is 9.32. The van der Waals surface area contributed by atoms with Crippen molar-refractivity contribution in [2.24, 2.45) is 17.3 Å². The van der Waals surface area contributed by atoms with E-state index in [1.165, 1.54) is 0 Å². The van der Waals surface area contributed by atoms with Crippen molar-refractivity contribution in [1.82, 2.24) is 0 Å². The fourth-order valence-corrected chi connectivity index (χ4v) is 2.47. The molecule has 0 bridgehead atoms. The lowest BCUT2D eigenvalue weighted by molar-refractivity contribution is 0.372. The Hall–Kier alpha value is -1.04. The van der Waals surface area contributed by atoms with Crippen LogP contribution in [-0.4, -0.2) is 5.11 Å². The third-order valence-corrected chi connectivity index (χ3v) is 3.27. The number of hydrogen-bond donors (Lipinski definition) is 1. The van der Waals surface area contributed by atoms with Crippen molar-refractivity contribution in [3.05, 3.63) is 16.4 Å². The van der Waals surface area contributed by atoms with Gasteiger partial charge in [0.2, 0.25) is 5.39 Å². The smallest absolute Gasteiger partial charge is 0.402 e. The molecule has 3 nitrogen and oxygen atoms in total. The van der Waals surface area contributed by atoms with Crippen LogP contribution < -0.4 is 0 Å². The molecule has 3 rings (SSSR count). The van der Waals surface area contributed by atoms with Gasteiger partial charge in [-0.1, -0.05) is 0 Å². The molecule has 2 fully saturated rings. The van der Waals surface area contributed by atoms with Crippen molar-refractivity contribution in [3.8, 4) is 0 Å². The predicted molar refractivity (Wildman–Crippen MR) is 33.4 cm³/mol. The third kappa shape index (κ3) is 0.258. The molecule has 10 heavy (non-hydrogen) atoms. The minimum absolute atomic E-state index is 0.360. The van der Waals surface area contributed by atoms with Gasteiger partial charge in [-0.2, -0.15) is 0 Å². The van der Waals surface area contributed by atoms with Crippen LogP contribution in [0.5, 0.6) is 0 Å². The van der Waals surface area contributed by atoms with Gasteiger partial charge in [0, 0.05) is 5.92 Å². The molecule has 2 saturated carbocycles. The Kier molecular flexibility index (Phi) is 0.457. The van der Waals surface area contributed by atoms with Crippen LogP contribution in [0, 0.1) is 22.6 Å². The van der Waals surface area contributed by atoms with Gasteiger partial charge in [0.1, 0.15) is 0 Å². The normalized spacial score (nSPS) is 53.5. The van der Waals surface area contributed by atoms with Crippen LogP contribution in [-0.2, 0) is 0 Å². The Labute approximate surface area is 58.0 Å². The molecule has 1 spiro atoms. The summed E-state index contributed by atoms with van der Waals surface area (Å²) in [7, 11) is 0. The number of nitrogens with zero attached hydrogens (tertiary/aromatic N) is 2. The van der Waals surface area contributed by atoms with Gasteiger partial charge in [-0.05, 0) is 18.3 Å². The first-order chi connectivity index (χ1) is 4.79. The number of allylic oxidation sites excluding steroid dienone is 2. The van der Waals surface area contributed by atoms with E-state index in [0.717, 1.165) is 12.8 Å². The molecule has 3 aliphatic rings. The third-order valence-electron chi connectivity index (χ3n) is 3.27. The van der Waals surface area contributed by atoms with E-state index >= 15 is 0 Å². The van der Waals surface area contributed by atoms with E-state index < -0.39 is 0 Å². The second-order valence-corrected chi connectivity index (χ2v) is 3.62. The molecule has 3 atom stereocenters. The van der Waals surface area contributed by atoms with E-state index in [9.17, 15) is 5.11 Å². The summed E-state index contributed by atoms with van der Waals surface area (Å²) in [5.41, 5.74) is 0.960. The molecule has 50 valence electrons. The van der Waals surface area contributed by atoms with Crippen LogP contribution in [0.15, 0.2) is 11.5 Å². The van der Waals surface area contributed by atoms with Crippen molar-refractivity contribution >= 4 is 0 Å². The zero-order chi connectivity index (χ0) is 6.93. The summed E-state index contributed by atoms with van der Waals surface area (Å²) in [6.07, 6.45) is 2.27. The van der Waals surface area contributed by atoms with Crippen molar-refractivity contribution in [1.29, 1.82) is 5.39 Å². The lowest BCUT2D eigenvalue weighted by Gasteiger charge is -1.85. The summed E-state index contributed by atoms with van der Waals surface area (Å²) in [4.78, 5) is 3.10. The lowest BCUT2D eigenvalue weighted by atomic mass is 10.2. The lowest BCUT2D eigenvalue weighted by Crippen LogP contribution is -1.86. The first-order valence-electron chi connectivity index (χ1n) is 3.58. The van der Waals surface area contributed by atoms with Crippen molar-refractivity contribution in [2.75, 3.05) is 0 Å². The van der Waals surface area contributed by atoms with E-state index in [1.807, 2.05) is 0 Å². The highest BCUT2D eigenvalue weighted by atomic mass is 16.3. The maximum Gasteiger partial charge on any atom is 0.402 e. The summed E-state index contributed by atoms with van der Waals surface area (Å²) in [6, 6.07) is 0. The van der Waals surface area contributed by atoms with Gasteiger partial charge < -0.3 is 5.11 Å². The molecule has 1 N–H and O–H groups in total.